The van der Waals surface area contributed by atoms with Gasteiger partial charge in [-0.15, -0.1) is 0 Å². The van der Waals surface area contributed by atoms with Crippen molar-refractivity contribution in [3.05, 3.63) is 23.8 Å². The molecule has 1 aromatic carbocycles. The molecule has 6 heteroatoms. The minimum Gasteiger partial charge on any atom is -0.479 e. The molecule has 6 nitrogen and oxygen atoms in total. The fourth-order valence-corrected chi connectivity index (χ4v) is 2.83. The molecule has 0 radical (unpaired) electrons. The minimum atomic E-state index is -0.757. The highest BCUT2D eigenvalue weighted by molar-refractivity contribution is 6.06. The molecule has 1 aliphatic rings. The van der Waals surface area contributed by atoms with Gasteiger partial charge >= 0.3 is 5.97 Å². The predicted octanol–water partition coefficient (Wildman–Crippen LogP) is 3.12. The lowest BCUT2D eigenvalue weighted by Crippen LogP contribution is -2.53. The lowest BCUT2D eigenvalue weighted by Gasteiger charge is -2.37. The molecule has 25 heavy (non-hydrogen) atoms. The predicted molar refractivity (Wildman–Crippen MR) is 93.9 cm³/mol. The van der Waals surface area contributed by atoms with E-state index in [4.69, 9.17) is 9.47 Å². The Morgan fingerprint density at radius 3 is 2.52 bits per heavy atom. The third kappa shape index (κ3) is 3.83. The number of rotatable bonds is 6. The van der Waals surface area contributed by atoms with E-state index in [1.54, 1.807) is 45.9 Å². The zero-order valence-electron chi connectivity index (χ0n) is 15.4. The molecular formula is C19H25NO5. The second-order valence-electron chi connectivity index (χ2n) is 6.34. The smallest absolute Gasteiger partial charge is 0.329 e. The number of carbonyl (C=O) groups excluding carboxylic acids is 3. The van der Waals surface area contributed by atoms with Gasteiger partial charge in [0.25, 0.3) is 5.91 Å². The number of ether oxygens (including phenoxy) is 2. The van der Waals surface area contributed by atoms with Gasteiger partial charge in [0.1, 0.15) is 11.8 Å². The van der Waals surface area contributed by atoms with Gasteiger partial charge in [-0.05, 0) is 45.4 Å². The second-order valence-corrected chi connectivity index (χ2v) is 6.34. The minimum absolute atomic E-state index is 0.0355. The number of fused-ring (bicyclic) bond motifs is 1. The van der Waals surface area contributed by atoms with Crippen LogP contribution in [0.2, 0.25) is 0 Å². The summed E-state index contributed by atoms with van der Waals surface area (Å²) in [5, 5.41) is 0. The number of hydrogen-bond donors (Lipinski definition) is 0. The van der Waals surface area contributed by atoms with E-state index < -0.39 is 18.1 Å². The van der Waals surface area contributed by atoms with Crippen LogP contribution in [0.3, 0.4) is 0 Å². The third-order valence-electron chi connectivity index (χ3n) is 4.07. The molecule has 2 atom stereocenters. The van der Waals surface area contributed by atoms with Crippen molar-refractivity contribution >= 4 is 23.3 Å². The number of carbonyl (C=O) groups is 3. The molecule has 0 N–H and O–H groups in total. The van der Waals surface area contributed by atoms with Crippen LogP contribution in [0.25, 0.3) is 0 Å². The molecule has 2 rings (SSSR count). The Hall–Kier alpha value is -2.37. The molecule has 1 heterocycles. The van der Waals surface area contributed by atoms with Gasteiger partial charge < -0.3 is 9.47 Å². The molecule has 0 aliphatic carbocycles. The summed E-state index contributed by atoms with van der Waals surface area (Å²) >= 11 is 0. The Bertz CT molecular complexity index is 682. The quantitative estimate of drug-likeness (QED) is 0.584. The molecular weight excluding hydrogens is 322 g/mol. The number of amides is 1. The van der Waals surface area contributed by atoms with Crippen LogP contribution < -0.4 is 9.64 Å². The summed E-state index contributed by atoms with van der Waals surface area (Å²) in [6, 6.07) is 4.22. The molecule has 1 aliphatic heterocycles. The molecule has 0 saturated carbocycles. The van der Waals surface area contributed by atoms with Gasteiger partial charge in [-0.2, -0.15) is 0 Å². The van der Waals surface area contributed by atoms with Crippen LogP contribution in [0.4, 0.5) is 5.69 Å². The van der Waals surface area contributed by atoms with Crippen LogP contribution >= 0.6 is 0 Å². The van der Waals surface area contributed by atoms with Gasteiger partial charge in [0.2, 0.25) is 0 Å². The number of esters is 1. The average Bonchev–Trinajstić information content (AvgIpc) is 2.57. The van der Waals surface area contributed by atoms with Crippen LogP contribution in [0.15, 0.2) is 18.2 Å². The maximum Gasteiger partial charge on any atom is 0.329 e. The fraction of sp³-hybridized carbons (Fsp3) is 0.526. The monoisotopic (exact) mass is 347 g/mol. The maximum absolute atomic E-state index is 12.7. The van der Waals surface area contributed by atoms with Crippen LogP contribution in [-0.4, -0.2) is 35.9 Å². The van der Waals surface area contributed by atoms with E-state index in [1.807, 2.05) is 6.92 Å². The van der Waals surface area contributed by atoms with Crippen molar-refractivity contribution in [2.45, 2.75) is 65.7 Å². The molecule has 0 saturated heterocycles. The number of ketones is 1. The summed E-state index contributed by atoms with van der Waals surface area (Å²) in [6.07, 6.45) is -0.227. The zero-order valence-corrected chi connectivity index (χ0v) is 15.4. The lowest BCUT2D eigenvalue weighted by atomic mass is 10.0. The molecule has 0 fully saturated rings. The summed E-state index contributed by atoms with van der Waals surface area (Å²) in [5.74, 6) is -0.332. The van der Waals surface area contributed by atoms with Crippen LogP contribution in [0, 0.1) is 0 Å². The van der Waals surface area contributed by atoms with Gasteiger partial charge in [-0.3, -0.25) is 14.5 Å². The largest absolute Gasteiger partial charge is 0.479 e. The molecule has 1 amide bonds. The Kier molecular flexibility index (Phi) is 5.82. The molecule has 0 aromatic heterocycles. The Labute approximate surface area is 148 Å². The Balaban J connectivity index is 2.50. The first-order valence-electron chi connectivity index (χ1n) is 8.67. The number of hydrogen-bond acceptors (Lipinski definition) is 5. The highest BCUT2D eigenvalue weighted by atomic mass is 16.5. The van der Waals surface area contributed by atoms with Crippen molar-refractivity contribution in [2.75, 3.05) is 4.90 Å². The van der Waals surface area contributed by atoms with Crippen molar-refractivity contribution in [2.24, 2.45) is 0 Å². The fourth-order valence-electron chi connectivity index (χ4n) is 2.83. The summed E-state index contributed by atoms with van der Waals surface area (Å²) < 4.78 is 11.0. The molecule has 1 aromatic rings. The average molecular weight is 347 g/mol. The van der Waals surface area contributed by atoms with E-state index in [0.29, 0.717) is 29.8 Å². The van der Waals surface area contributed by atoms with Crippen LogP contribution in [0.5, 0.6) is 5.75 Å². The first-order valence-corrected chi connectivity index (χ1v) is 8.67. The van der Waals surface area contributed by atoms with Gasteiger partial charge in [0, 0.05) is 12.0 Å². The van der Waals surface area contributed by atoms with Crippen molar-refractivity contribution in [1.82, 2.24) is 0 Å². The Morgan fingerprint density at radius 2 is 1.96 bits per heavy atom. The summed E-state index contributed by atoms with van der Waals surface area (Å²) in [7, 11) is 0. The van der Waals surface area contributed by atoms with Gasteiger partial charge in [-0.25, -0.2) is 4.79 Å². The van der Waals surface area contributed by atoms with Crippen molar-refractivity contribution < 1.29 is 23.9 Å². The van der Waals surface area contributed by atoms with E-state index in [0.717, 1.165) is 0 Å². The van der Waals surface area contributed by atoms with Crippen molar-refractivity contribution in [1.29, 1.82) is 0 Å². The Morgan fingerprint density at radius 1 is 1.28 bits per heavy atom. The first-order chi connectivity index (χ1) is 11.8. The third-order valence-corrected chi connectivity index (χ3v) is 4.07. The number of anilines is 1. The normalized spacial score (nSPS) is 17.8. The summed E-state index contributed by atoms with van der Waals surface area (Å²) in [5.41, 5.74) is 0.930. The number of nitrogens with zero attached hydrogens (tertiary/aromatic N) is 1. The van der Waals surface area contributed by atoms with E-state index >= 15 is 0 Å². The molecule has 136 valence electrons. The summed E-state index contributed by atoms with van der Waals surface area (Å²) in [6.45, 7) is 8.77. The number of Topliss-reactive ketones (excluding diaryl/α,β-unsaturated/α-hetero) is 1. The number of benzene rings is 1. The van der Waals surface area contributed by atoms with E-state index in [-0.39, 0.29) is 17.8 Å². The maximum atomic E-state index is 12.7. The second kappa shape index (κ2) is 7.68. The van der Waals surface area contributed by atoms with Gasteiger partial charge in [0.05, 0.1) is 11.8 Å². The van der Waals surface area contributed by atoms with Gasteiger partial charge in [0.15, 0.2) is 11.9 Å². The van der Waals surface area contributed by atoms with Crippen molar-refractivity contribution in [3.63, 3.8) is 0 Å². The van der Waals surface area contributed by atoms with E-state index in [1.165, 1.54) is 4.90 Å². The molecule has 0 spiro atoms. The summed E-state index contributed by atoms with van der Waals surface area (Å²) in [4.78, 5) is 38.7. The van der Waals surface area contributed by atoms with E-state index in [9.17, 15) is 14.4 Å². The van der Waals surface area contributed by atoms with Crippen LogP contribution in [-0.2, 0) is 14.3 Å². The van der Waals surface area contributed by atoms with Crippen molar-refractivity contribution in [3.8, 4) is 5.75 Å². The SMILES string of the molecule is CCC(=O)c1ccc2c(c1)N(C(CC)C(=O)OC(C)C)C(=O)C(C)O2. The molecule has 2 unspecified atom stereocenters. The standard InChI is InChI=1S/C19H25NO5/c1-6-14(19(23)24-11(3)4)20-15-10-13(16(21)7-2)8-9-17(15)25-12(5)18(20)22/h8-12,14H,6-7H2,1-5H3. The zero-order chi connectivity index (χ0) is 18.7. The van der Waals surface area contributed by atoms with Gasteiger partial charge in [-0.1, -0.05) is 13.8 Å². The lowest BCUT2D eigenvalue weighted by molar-refractivity contribution is -0.150. The van der Waals surface area contributed by atoms with Crippen LogP contribution in [0.1, 0.15) is 57.8 Å². The highest BCUT2D eigenvalue weighted by Gasteiger charge is 2.39. The highest BCUT2D eigenvalue weighted by Crippen LogP contribution is 2.37. The van der Waals surface area contributed by atoms with E-state index in [2.05, 4.69) is 0 Å². The molecule has 0 bridgehead atoms. The topological polar surface area (TPSA) is 72.9 Å². The first kappa shape index (κ1) is 19.0.